The summed E-state index contributed by atoms with van der Waals surface area (Å²) in [6.45, 7) is 18.0. The molecule has 2 heterocycles. The van der Waals surface area contributed by atoms with Crippen molar-refractivity contribution < 1.29 is 0 Å². The topological polar surface area (TPSA) is 13.0 Å². The highest BCUT2D eigenvalue weighted by Crippen LogP contribution is 2.18. The summed E-state index contributed by atoms with van der Waals surface area (Å²) in [4.78, 5) is 10.0. The van der Waals surface area contributed by atoms with Gasteiger partial charge in [-0.2, -0.15) is 0 Å². The van der Waals surface area contributed by atoms with E-state index in [1.165, 1.54) is 62.3 Å². The van der Waals surface area contributed by atoms with E-state index in [1.807, 2.05) is 0 Å². The van der Waals surface area contributed by atoms with E-state index in [2.05, 4.69) is 89.7 Å². The Balaban J connectivity index is 1.51. The first kappa shape index (κ1) is 23.9. The molecule has 2 aliphatic rings. The molecule has 1 aromatic carbocycles. The molecule has 2 fully saturated rings. The van der Waals surface area contributed by atoms with Gasteiger partial charge in [0.05, 0.1) is 0 Å². The minimum atomic E-state index is 1.03. The van der Waals surface area contributed by atoms with Crippen molar-refractivity contribution in [3.05, 3.63) is 65.8 Å². The highest BCUT2D eigenvalue weighted by molar-refractivity contribution is 5.72. The number of allylic oxidation sites excluding steroid dienone is 3. The Labute approximate surface area is 190 Å². The van der Waals surface area contributed by atoms with E-state index in [1.54, 1.807) is 0 Å². The molecule has 0 saturated carbocycles. The van der Waals surface area contributed by atoms with E-state index < -0.39 is 0 Å². The van der Waals surface area contributed by atoms with Crippen molar-refractivity contribution in [2.24, 2.45) is 0 Å². The Morgan fingerprint density at radius 2 is 1.42 bits per heavy atom. The van der Waals surface area contributed by atoms with Crippen LogP contribution in [0.4, 0.5) is 0 Å². The van der Waals surface area contributed by atoms with Gasteiger partial charge in [-0.15, -0.1) is 0 Å². The SMILES string of the molecule is C=C(/C=C\C(=C/C)CN1CCCN(C)CC1)c1ccc(CN2CCCN(C)CC2)cc1. The number of hydrogen-bond donors (Lipinski definition) is 0. The van der Waals surface area contributed by atoms with Gasteiger partial charge in [-0.25, -0.2) is 0 Å². The van der Waals surface area contributed by atoms with E-state index in [0.717, 1.165) is 38.3 Å². The van der Waals surface area contributed by atoms with Crippen LogP contribution < -0.4 is 0 Å². The summed E-state index contributed by atoms with van der Waals surface area (Å²) >= 11 is 0. The van der Waals surface area contributed by atoms with Crippen LogP contribution in [-0.4, -0.2) is 92.6 Å². The number of rotatable bonds is 7. The lowest BCUT2D eigenvalue weighted by atomic mass is 10.0. The monoisotopic (exact) mass is 422 g/mol. The predicted molar refractivity (Wildman–Crippen MR) is 134 cm³/mol. The van der Waals surface area contributed by atoms with Gasteiger partial charge in [-0.3, -0.25) is 9.80 Å². The van der Waals surface area contributed by atoms with Crippen LogP contribution in [0.25, 0.3) is 5.57 Å². The molecule has 0 radical (unpaired) electrons. The van der Waals surface area contributed by atoms with Crippen LogP contribution in [0.3, 0.4) is 0 Å². The second-order valence-electron chi connectivity index (χ2n) is 9.29. The molecule has 3 rings (SSSR count). The van der Waals surface area contributed by atoms with Crippen molar-refractivity contribution in [2.75, 3.05) is 73.0 Å². The fourth-order valence-electron chi connectivity index (χ4n) is 4.40. The molecule has 31 heavy (non-hydrogen) atoms. The molecule has 2 aliphatic heterocycles. The van der Waals surface area contributed by atoms with Crippen LogP contribution in [0.2, 0.25) is 0 Å². The number of likely N-dealkylation sites (N-methyl/N-ethyl adjacent to an activating group) is 2. The first-order valence-corrected chi connectivity index (χ1v) is 12.0. The van der Waals surface area contributed by atoms with E-state index in [-0.39, 0.29) is 0 Å². The molecular weight excluding hydrogens is 380 g/mol. The summed E-state index contributed by atoms with van der Waals surface area (Å²) in [5.41, 5.74) is 5.05. The van der Waals surface area contributed by atoms with Crippen molar-refractivity contribution >= 4 is 5.57 Å². The van der Waals surface area contributed by atoms with Crippen LogP contribution >= 0.6 is 0 Å². The summed E-state index contributed by atoms with van der Waals surface area (Å²) in [5, 5.41) is 0. The molecule has 4 heteroatoms. The summed E-state index contributed by atoms with van der Waals surface area (Å²) < 4.78 is 0. The quantitative estimate of drug-likeness (QED) is 0.616. The zero-order valence-corrected chi connectivity index (χ0v) is 20.0. The number of nitrogens with zero attached hydrogens (tertiary/aromatic N) is 4. The fourth-order valence-corrected chi connectivity index (χ4v) is 4.40. The van der Waals surface area contributed by atoms with Crippen LogP contribution in [0.1, 0.15) is 30.9 Å². The Morgan fingerprint density at radius 3 is 2.06 bits per heavy atom. The maximum atomic E-state index is 4.32. The summed E-state index contributed by atoms with van der Waals surface area (Å²) in [7, 11) is 4.45. The molecule has 0 aromatic heterocycles. The Morgan fingerprint density at radius 1 is 0.806 bits per heavy atom. The zero-order chi connectivity index (χ0) is 22.1. The van der Waals surface area contributed by atoms with Crippen LogP contribution in [0, 0.1) is 0 Å². The minimum absolute atomic E-state index is 1.03. The molecule has 1 aromatic rings. The lowest BCUT2D eigenvalue weighted by molar-refractivity contribution is 0.269. The Kier molecular flexibility index (Phi) is 9.54. The molecule has 0 atom stereocenters. The third-order valence-corrected chi connectivity index (χ3v) is 6.63. The van der Waals surface area contributed by atoms with Crippen molar-refractivity contribution in [3.63, 3.8) is 0 Å². The second kappa shape index (κ2) is 12.4. The third kappa shape index (κ3) is 8.04. The Hall–Kier alpha value is -1.72. The van der Waals surface area contributed by atoms with E-state index in [0.29, 0.717) is 0 Å². The summed E-state index contributed by atoms with van der Waals surface area (Å²) in [6, 6.07) is 9.00. The summed E-state index contributed by atoms with van der Waals surface area (Å²) in [5.74, 6) is 0. The van der Waals surface area contributed by atoms with Gasteiger partial charge in [0.2, 0.25) is 0 Å². The molecular formula is C27H42N4. The van der Waals surface area contributed by atoms with Gasteiger partial charge in [-0.1, -0.05) is 49.1 Å². The molecule has 0 amide bonds. The third-order valence-electron chi connectivity index (χ3n) is 6.63. The minimum Gasteiger partial charge on any atom is -0.305 e. The van der Waals surface area contributed by atoms with Gasteiger partial charge >= 0.3 is 0 Å². The molecule has 0 spiro atoms. The van der Waals surface area contributed by atoms with Crippen molar-refractivity contribution in [1.82, 2.24) is 19.6 Å². The highest BCUT2D eigenvalue weighted by atomic mass is 15.2. The van der Waals surface area contributed by atoms with Gasteiger partial charge in [0.1, 0.15) is 0 Å². The highest BCUT2D eigenvalue weighted by Gasteiger charge is 2.13. The molecule has 0 bridgehead atoms. The molecule has 2 saturated heterocycles. The van der Waals surface area contributed by atoms with Gasteiger partial charge in [0, 0.05) is 39.3 Å². The zero-order valence-electron chi connectivity index (χ0n) is 20.0. The van der Waals surface area contributed by atoms with Crippen molar-refractivity contribution in [1.29, 1.82) is 0 Å². The van der Waals surface area contributed by atoms with Gasteiger partial charge in [-0.05, 0) is 82.3 Å². The second-order valence-corrected chi connectivity index (χ2v) is 9.29. The van der Waals surface area contributed by atoms with Crippen LogP contribution in [-0.2, 0) is 6.54 Å². The van der Waals surface area contributed by atoms with Crippen LogP contribution in [0.15, 0.2) is 54.6 Å². The molecule has 0 aliphatic carbocycles. The molecule has 0 unspecified atom stereocenters. The first-order valence-electron chi connectivity index (χ1n) is 12.0. The van der Waals surface area contributed by atoms with E-state index in [4.69, 9.17) is 0 Å². The standard InChI is InChI=1S/C27H42N4/c1-5-25(22-30-16-6-14-28(3)18-20-30)9-8-24(2)27-12-10-26(11-13-27)23-31-17-7-15-29(4)19-21-31/h5,8-13H,2,6-7,14-23H2,1,3-4H3/b9-8-,25-5+. The first-order chi connectivity index (χ1) is 15.0. The predicted octanol–water partition coefficient (Wildman–Crippen LogP) is 3.98. The molecule has 4 nitrogen and oxygen atoms in total. The Bertz CT molecular complexity index is 749. The molecule has 0 N–H and O–H groups in total. The summed E-state index contributed by atoms with van der Waals surface area (Å²) in [6.07, 6.45) is 9.18. The number of hydrogen-bond acceptors (Lipinski definition) is 4. The average Bonchev–Trinajstić information content (AvgIpc) is 3.11. The normalized spacial score (nSPS) is 21.3. The van der Waals surface area contributed by atoms with Gasteiger partial charge in [0.15, 0.2) is 0 Å². The lowest BCUT2D eigenvalue weighted by Gasteiger charge is -2.20. The number of benzene rings is 1. The van der Waals surface area contributed by atoms with E-state index >= 15 is 0 Å². The average molecular weight is 423 g/mol. The van der Waals surface area contributed by atoms with Crippen LogP contribution in [0.5, 0.6) is 0 Å². The molecule has 170 valence electrons. The maximum absolute atomic E-state index is 4.32. The van der Waals surface area contributed by atoms with Gasteiger partial charge < -0.3 is 9.80 Å². The van der Waals surface area contributed by atoms with E-state index in [9.17, 15) is 0 Å². The lowest BCUT2D eigenvalue weighted by Crippen LogP contribution is -2.30. The fraction of sp³-hybridized carbons (Fsp3) is 0.556. The van der Waals surface area contributed by atoms with Crippen molar-refractivity contribution in [3.8, 4) is 0 Å². The van der Waals surface area contributed by atoms with Gasteiger partial charge in [0.25, 0.3) is 0 Å². The van der Waals surface area contributed by atoms with Crippen molar-refractivity contribution in [2.45, 2.75) is 26.3 Å². The smallest absolute Gasteiger partial charge is 0.0234 e. The maximum Gasteiger partial charge on any atom is 0.0234 e. The largest absolute Gasteiger partial charge is 0.305 e.